The SMILES string of the molecule is COc1cc(C(=O)NC2CC(=O)N(c3ccc(C)c(C)c3)C2)cc(OC)c1OC. The van der Waals surface area contributed by atoms with E-state index in [-0.39, 0.29) is 24.3 Å². The minimum atomic E-state index is -0.302. The summed E-state index contributed by atoms with van der Waals surface area (Å²) in [6.45, 7) is 4.48. The molecule has 154 valence electrons. The maximum atomic E-state index is 12.8. The monoisotopic (exact) mass is 398 g/mol. The van der Waals surface area contributed by atoms with Gasteiger partial charge in [-0.1, -0.05) is 6.07 Å². The summed E-state index contributed by atoms with van der Waals surface area (Å²) in [7, 11) is 4.50. The van der Waals surface area contributed by atoms with E-state index in [0.29, 0.717) is 29.4 Å². The largest absolute Gasteiger partial charge is 0.493 e. The lowest BCUT2D eigenvalue weighted by molar-refractivity contribution is -0.117. The van der Waals surface area contributed by atoms with Crippen molar-refractivity contribution in [2.75, 3.05) is 32.8 Å². The molecule has 2 aromatic carbocycles. The minimum absolute atomic E-state index is 0.0107. The number of carbonyl (C=O) groups excluding carboxylic acids is 2. The van der Waals surface area contributed by atoms with E-state index in [9.17, 15) is 9.59 Å². The third kappa shape index (κ3) is 4.13. The van der Waals surface area contributed by atoms with Gasteiger partial charge in [-0.3, -0.25) is 9.59 Å². The van der Waals surface area contributed by atoms with Gasteiger partial charge >= 0.3 is 0 Å². The lowest BCUT2D eigenvalue weighted by atomic mass is 10.1. The van der Waals surface area contributed by atoms with Gasteiger partial charge in [-0.05, 0) is 49.2 Å². The molecule has 1 N–H and O–H groups in total. The van der Waals surface area contributed by atoms with E-state index in [2.05, 4.69) is 5.32 Å². The molecule has 2 aromatic rings. The average molecular weight is 398 g/mol. The number of aryl methyl sites for hydroxylation is 2. The fourth-order valence-corrected chi connectivity index (χ4v) is 3.43. The van der Waals surface area contributed by atoms with Crippen molar-refractivity contribution in [3.05, 3.63) is 47.0 Å². The molecule has 0 saturated carbocycles. The molecule has 1 heterocycles. The summed E-state index contributed by atoms with van der Waals surface area (Å²) >= 11 is 0. The summed E-state index contributed by atoms with van der Waals surface area (Å²) in [6, 6.07) is 8.83. The number of benzene rings is 2. The van der Waals surface area contributed by atoms with Crippen LogP contribution in [-0.2, 0) is 4.79 Å². The molecule has 1 aliphatic heterocycles. The van der Waals surface area contributed by atoms with Crippen LogP contribution in [0, 0.1) is 13.8 Å². The van der Waals surface area contributed by atoms with Gasteiger partial charge in [-0.25, -0.2) is 0 Å². The Kier molecular flexibility index (Phi) is 5.96. The van der Waals surface area contributed by atoms with Crippen LogP contribution < -0.4 is 24.4 Å². The fraction of sp³-hybridized carbons (Fsp3) is 0.364. The number of hydrogen-bond acceptors (Lipinski definition) is 5. The fourth-order valence-electron chi connectivity index (χ4n) is 3.43. The second-order valence-electron chi connectivity index (χ2n) is 7.06. The Labute approximate surface area is 170 Å². The summed E-state index contributed by atoms with van der Waals surface area (Å²) in [5, 5.41) is 2.94. The normalized spacial score (nSPS) is 16.0. The Bertz CT molecular complexity index is 916. The average Bonchev–Trinajstić information content (AvgIpc) is 3.08. The summed E-state index contributed by atoms with van der Waals surface area (Å²) < 4.78 is 15.9. The maximum Gasteiger partial charge on any atom is 0.251 e. The highest BCUT2D eigenvalue weighted by molar-refractivity contribution is 5.99. The Morgan fingerprint density at radius 2 is 1.66 bits per heavy atom. The number of rotatable bonds is 6. The van der Waals surface area contributed by atoms with Crippen molar-refractivity contribution in [1.29, 1.82) is 0 Å². The smallest absolute Gasteiger partial charge is 0.251 e. The van der Waals surface area contributed by atoms with Crippen molar-refractivity contribution < 1.29 is 23.8 Å². The number of amides is 2. The topological polar surface area (TPSA) is 77.1 Å². The lowest BCUT2D eigenvalue weighted by Crippen LogP contribution is -2.37. The Balaban J connectivity index is 1.76. The second-order valence-corrected chi connectivity index (χ2v) is 7.06. The van der Waals surface area contributed by atoms with E-state index in [0.717, 1.165) is 11.3 Å². The molecule has 0 radical (unpaired) electrons. The van der Waals surface area contributed by atoms with Crippen LogP contribution in [0.1, 0.15) is 27.9 Å². The first-order chi connectivity index (χ1) is 13.9. The molecule has 3 rings (SSSR count). The van der Waals surface area contributed by atoms with Gasteiger partial charge in [-0.15, -0.1) is 0 Å². The molecule has 7 heteroatoms. The molecule has 1 aliphatic rings. The van der Waals surface area contributed by atoms with Crippen molar-refractivity contribution in [1.82, 2.24) is 5.32 Å². The lowest BCUT2D eigenvalue weighted by Gasteiger charge is -2.19. The zero-order valence-corrected chi connectivity index (χ0v) is 17.4. The molecular weight excluding hydrogens is 372 g/mol. The Morgan fingerprint density at radius 1 is 1.00 bits per heavy atom. The molecule has 1 unspecified atom stereocenters. The van der Waals surface area contributed by atoms with Gasteiger partial charge in [0.2, 0.25) is 11.7 Å². The van der Waals surface area contributed by atoms with Crippen LogP contribution in [0.25, 0.3) is 0 Å². The van der Waals surface area contributed by atoms with Gasteiger partial charge < -0.3 is 24.4 Å². The van der Waals surface area contributed by atoms with Crippen LogP contribution in [0.2, 0.25) is 0 Å². The van der Waals surface area contributed by atoms with E-state index in [1.54, 1.807) is 17.0 Å². The number of nitrogens with zero attached hydrogens (tertiary/aromatic N) is 1. The molecule has 1 atom stereocenters. The molecule has 0 aromatic heterocycles. The summed E-state index contributed by atoms with van der Waals surface area (Å²) in [5.74, 6) is 0.906. The van der Waals surface area contributed by atoms with Gasteiger partial charge in [0.05, 0.1) is 27.4 Å². The minimum Gasteiger partial charge on any atom is -0.493 e. The number of ether oxygens (including phenoxy) is 3. The maximum absolute atomic E-state index is 12.8. The number of carbonyl (C=O) groups is 2. The Hall–Kier alpha value is -3.22. The molecule has 1 fully saturated rings. The summed E-state index contributed by atoms with van der Waals surface area (Å²) in [4.78, 5) is 27.0. The number of anilines is 1. The van der Waals surface area contributed by atoms with Crippen LogP contribution in [0.4, 0.5) is 5.69 Å². The zero-order chi connectivity index (χ0) is 21.1. The van der Waals surface area contributed by atoms with Crippen LogP contribution in [0.5, 0.6) is 17.2 Å². The van der Waals surface area contributed by atoms with Gasteiger partial charge in [-0.2, -0.15) is 0 Å². The molecule has 2 amide bonds. The molecular formula is C22H26N2O5. The first kappa shape index (κ1) is 20.5. The molecule has 0 spiro atoms. The number of hydrogen-bond donors (Lipinski definition) is 1. The third-order valence-electron chi connectivity index (χ3n) is 5.19. The number of methoxy groups -OCH3 is 3. The van der Waals surface area contributed by atoms with Crippen molar-refractivity contribution in [2.45, 2.75) is 26.3 Å². The van der Waals surface area contributed by atoms with Crippen LogP contribution >= 0.6 is 0 Å². The highest BCUT2D eigenvalue weighted by Crippen LogP contribution is 2.38. The van der Waals surface area contributed by atoms with Gasteiger partial charge in [0.1, 0.15) is 0 Å². The first-order valence-electron chi connectivity index (χ1n) is 9.36. The molecule has 0 aliphatic carbocycles. The second kappa shape index (κ2) is 8.43. The number of nitrogens with one attached hydrogen (secondary N) is 1. The van der Waals surface area contributed by atoms with Gasteiger partial charge in [0.25, 0.3) is 5.91 Å². The van der Waals surface area contributed by atoms with E-state index in [4.69, 9.17) is 14.2 Å². The summed E-state index contributed by atoms with van der Waals surface area (Å²) in [5.41, 5.74) is 3.52. The van der Waals surface area contributed by atoms with Crippen LogP contribution in [-0.4, -0.2) is 45.7 Å². The van der Waals surface area contributed by atoms with Crippen LogP contribution in [0.3, 0.4) is 0 Å². The molecule has 29 heavy (non-hydrogen) atoms. The van der Waals surface area contributed by atoms with Gasteiger partial charge in [0, 0.05) is 24.2 Å². The van der Waals surface area contributed by atoms with E-state index < -0.39 is 0 Å². The predicted molar refractivity (Wildman–Crippen MR) is 110 cm³/mol. The quantitative estimate of drug-likeness (QED) is 0.810. The highest BCUT2D eigenvalue weighted by Gasteiger charge is 2.32. The molecule has 0 bridgehead atoms. The predicted octanol–water partition coefficient (Wildman–Crippen LogP) is 2.86. The van der Waals surface area contributed by atoms with E-state index in [1.807, 2.05) is 32.0 Å². The van der Waals surface area contributed by atoms with Gasteiger partial charge in [0.15, 0.2) is 11.5 Å². The Morgan fingerprint density at radius 3 is 2.21 bits per heavy atom. The summed E-state index contributed by atoms with van der Waals surface area (Å²) in [6.07, 6.45) is 0.253. The third-order valence-corrected chi connectivity index (χ3v) is 5.19. The molecule has 1 saturated heterocycles. The highest BCUT2D eigenvalue weighted by atomic mass is 16.5. The zero-order valence-electron chi connectivity index (χ0n) is 17.4. The van der Waals surface area contributed by atoms with Crippen molar-refractivity contribution in [3.8, 4) is 17.2 Å². The van der Waals surface area contributed by atoms with Crippen molar-refractivity contribution in [2.24, 2.45) is 0 Å². The van der Waals surface area contributed by atoms with Crippen LogP contribution in [0.15, 0.2) is 30.3 Å². The van der Waals surface area contributed by atoms with E-state index >= 15 is 0 Å². The molecule has 7 nitrogen and oxygen atoms in total. The first-order valence-corrected chi connectivity index (χ1v) is 9.36. The standard InChI is InChI=1S/C22H26N2O5/c1-13-6-7-17(8-14(13)2)24-12-16(11-20(24)25)23-22(26)15-9-18(27-3)21(29-5)19(10-15)28-4/h6-10,16H,11-12H2,1-5H3,(H,23,26). The van der Waals surface area contributed by atoms with E-state index in [1.165, 1.54) is 26.9 Å². The van der Waals surface area contributed by atoms with Crippen molar-refractivity contribution in [3.63, 3.8) is 0 Å². The van der Waals surface area contributed by atoms with Crippen molar-refractivity contribution >= 4 is 17.5 Å².